The average molecular weight is 328 g/mol. The van der Waals surface area contributed by atoms with Gasteiger partial charge in [0.25, 0.3) is 0 Å². The molecule has 2 nitrogen and oxygen atoms in total. The van der Waals surface area contributed by atoms with Gasteiger partial charge in [0, 0.05) is 11.9 Å². The summed E-state index contributed by atoms with van der Waals surface area (Å²) in [6, 6.07) is 20.0. The van der Waals surface area contributed by atoms with Gasteiger partial charge in [-0.25, -0.2) is 0 Å². The van der Waals surface area contributed by atoms with Gasteiger partial charge in [-0.1, -0.05) is 42.5 Å². The van der Waals surface area contributed by atoms with Crippen LogP contribution >= 0.6 is 15.9 Å². The fourth-order valence-corrected chi connectivity index (χ4v) is 2.61. The highest BCUT2D eigenvalue weighted by molar-refractivity contribution is 9.10. The number of halogens is 1. The van der Waals surface area contributed by atoms with Crippen molar-refractivity contribution in [3.8, 4) is 11.5 Å². The van der Waals surface area contributed by atoms with Crippen LogP contribution in [0.25, 0.3) is 10.8 Å². The molecule has 2 N–H and O–H groups in total. The van der Waals surface area contributed by atoms with Crippen molar-refractivity contribution >= 4 is 26.7 Å². The number of hydrogen-bond acceptors (Lipinski definition) is 2. The summed E-state index contributed by atoms with van der Waals surface area (Å²) in [5.41, 5.74) is 6.92. The van der Waals surface area contributed by atoms with Crippen LogP contribution in [0.2, 0.25) is 0 Å². The van der Waals surface area contributed by atoms with Gasteiger partial charge >= 0.3 is 0 Å². The fraction of sp³-hybridized carbons (Fsp3) is 0.0588. The first-order chi connectivity index (χ1) is 9.79. The molecule has 20 heavy (non-hydrogen) atoms. The lowest BCUT2D eigenvalue weighted by Crippen LogP contribution is -1.98. The number of rotatable bonds is 3. The summed E-state index contributed by atoms with van der Waals surface area (Å²) >= 11 is 3.50. The van der Waals surface area contributed by atoms with Gasteiger partial charge in [-0.2, -0.15) is 0 Å². The zero-order valence-electron chi connectivity index (χ0n) is 10.8. The number of para-hydroxylation sites is 1. The number of nitrogens with two attached hydrogens (primary N) is 1. The Balaban J connectivity index is 2.11. The molecule has 0 aliphatic carbocycles. The zero-order valence-corrected chi connectivity index (χ0v) is 12.4. The van der Waals surface area contributed by atoms with Gasteiger partial charge in [-0.15, -0.1) is 0 Å². The highest BCUT2D eigenvalue weighted by Crippen LogP contribution is 2.34. The summed E-state index contributed by atoms with van der Waals surface area (Å²) in [6.07, 6.45) is 0. The van der Waals surface area contributed by atoms with Crippen molar-refractivity contribution in [3.05, 3.63) is 70.7 Å². The minimum absolute atomic E-state index is 0.524. The summed E-state index contributed by atoms with van der Waals surface area (Å²) in [4.78, 5) is 0. The first-order valence-electron chi connectivity index (χ1n) is 6.42. The van der Waals surface area contributed by atoms with Crippen molar-refractivity contribution in [3.63, 3.8) is 0 Å². The number of fused-ring (bicyclic) bond motifs is 1. The van der Waals surface area contributed by atoms with E-state index < -0.39 is 0 Å². The van der Waals surface area contributed by atoms with E-state index in [1.165, 1.54) is 0 Å². The van der Waals surface area contributed by atoms with E-state index in [2.05, 4.69) is 28.1 Å². The van der Waals surface area contributed by atoms with Crippen LogP contribution in [-0.2, 0) is 6.54 Å². The zero-order chi connectivity index (χ0) is 13.9. The molecule has 0 bridgehead atoms. The molecule has 100 valence electrons. The Kier molecular flexibility index (Phi) is 3.72. The quantitative estimate of drug-likeness (QED) is 0.746. The van der Waals surface area contributed by atoms with Crippen molar-refractivity contribution in [2.45, 2.75) is 6.54 Å². The Morgan fingerprint density at radius 2 is 1.50 bits per heavy atom. The van der Waals surface area contributed by atoms with Crippen LogP contribution < -0.4 is 10.5 Å². The van der Waals surface area contributed by atoms with E-state index in [4.69, 9.17) is 10.5 Å². The molecule has 0 heterocycles. The third-order valence-electron chi connectivity index (χ3n) is 3.25. The molecule has 0 saturated carbocycles. The van der Waals surface area contributed by atoms with Gasteiger partial charge in [0.2, 0.25) is 0 Å². The molecule has 3 aromatic rings. The molecule has 3 aromatic carbocycles. The maximum Gasteiger partial charge on any atom is 0.141 e. The van der Waals surface area contributed by atoms with Crippen LogP contribution in [0.1, 0.15) is 5.56 Å². The fourth-order valence-electron chi connectivity index (χ4n) is 2.25. The predicted octanol–water partition coefficient (Wildman–Crippen LogP) is 4.85. The lowest BCUT2D eigenvalue weighted by atomic mass is 10.0. The van der Waals surface area contributed by atoms with E-state index in [1.807, 2.05) is 48.5 Å². The SMILES string of the molecule is NCc1ccc(Oc2ccccc2Br)c2ccccc12. The van der Waals surface area contributed by atoms with E-state index in [-0.39, 0.29) is 0 Å². The first-order valence-corrected chi connectivity index (χ1v) is 7.22. The van der Waals surface area contributed by atoms with Gasteiger partial charge < -0.3 is 10.5 Å². The molecule has 0 spiro atoms. The van der Waals surface area contributed by atoms with Gasteiger partial charge in [0.15, 0.2) is 0 Å². The van der Waals surface area contributed by atoms with E-state index in [1.54, 1.807) is 0 Å². The van der Waals surface area contributed by atoms with Crippen molar-refractivity contribution in [1.82, 2.24) is 0 Å². The number of benzene rings is 3. The van der Waals surface area contributed by atoms with Gasteiger partial charge in [0.1, 0.15) is 11.5 Å². The Morgan fingerprint density at radius 1 is 0.800 bits per heavy atom. The molecular formula is C17H14BrNO. The first kappa shape index (κ1) is 13.2. The molecule has 0 aromatic heterocycles. The summed E-state index contributed by atoms with van der Waals surface area (Å²) in [6.45, 7) is 0.524. The molecule has 0 fully saturated rings. The molecule has 3 heteroatoms. The predicted molar refractivity (Wildman–Crippen MR) is 86.1 cm³/mol. The second kappa shape index (κ2) is 5.65. The second-order valence-corrected chi connectivity index (χ2v) is 5.36. The molecule has 0 saturated heterocycles. The van der Waals surface area contributed by atoms with Crippen LogP contribution in [0.5, 0.6) is 11.5 Å². The maximum absolute atomic E-state index is 6.03. The largest absolute Gasteiger partial charge is 0.456 e. The lowest BCUT2D eigenvalue weighted by Gasteiger charge is -2.12. The minimum atomic E-state index is 0.524. The van der Waals surface area contributed by atoms with Crippen molar-refractivity contribution in [2.24, 2.45) is 5.73 Å². The molecule has 0 unspecified atom stereocenters. The van der Waals surface area contributed by atoms with Crippen molar-refractivity contribution in [2.75, 3.05) is 0 Å². The van der Waals surface area contributed by atoms with Gasteiger partial charge in [-0.05, 0) is 45.1 Å². The molecule has 0 aliphatic rings. The molecule has 0 radical (unpaired) electrons. The van der Waals surface area contributed by atoms with Crippen LogP contribution in [0.4, 0.5) is 0 Å². The van der Waals surface area contributed by atoms with E-state index in [9.17, 15) is 0 Å². The maximum atomic E-state index is 6.03. The Morgan fingerprint density at radius 3 is 2.25 bits per heavy atom. The summed E-state index contributed by atoms with van der Waals surface area (Å²) in [7, 11) is 0. The van der Waals surface area contributed by atoms with Crippen molar-refractivity contribution < 1.29 is 4.74 Å². The third kappa shape index (κ3) is 2.42. The number of ether oxygens (including phenoxy) is 1. The highest BCUT2D eigenvalue weighted by atomic mass is 79.9. The van der Waals surface area contributed by atoms with Crippen LogP contribution in [0, 0.1) is 0 Å². The van der Waals surface area contributed by atoms with E-state index in [0.717, 1.165) is 32.3 Å². The highest BCUT2D eigenvalue weighted by Gasteiger charge is 2.08. The monoisotopic (exact) mass is 327 g/mol. The molecule has 3 rings (SSSR count). The molecule has 0 aliphatic heterocycles. The standard InChI is InChI=1S/C17H14BrNO/c18-15-7-3-4-8-17(15)20-16-10-9-12(11-19)13-5-1-2-6-14(13)16/h1-10H,11,19H2. The van der Waals surface area contributed by atoms with Crippen molar-refractivity contribution in [1.29, 1.82) is 0 Å². The normalized spacial score (nSPS) is 10.7. The second-order valence-electron chi connectivity index (χ2n) is 4.51. The Bertz CT molecular complexity index is 755. The van der Waals surface area contributed by atoms with E-state index in [0.29, 0.717) is 6.54 Å². The summed E-state index contributed by atoms with van der Waals surface area (Å²) in [5.74, 6) is 1.64. The van der Waals surface area contributed by atoms with Gasteiger partial charge in [0.05, 0.1) is 4.47 Å². The van der Waals surface area contributed by atoms with Gasteiger partial charge in [-0.3, -0.25) is 0 Å². The van der Waals surface area contributed by atoms with E-state index >= 15 is 0 Å². The summed E-state index contributed by atoms with van der Waals surface area (Å²) in [5, 5.41) is 2.21. The topological polar surface area (TPSA) is 35.2 Å². The molecular weight excluding hydrogens is 314 g/mol. The average Bonchev–Trinajstić information content (AvgIpc) is 2.50. The van der Waals surface area contributed by atoms with Crippen LogP contribution in [-0.4, -0.2) is 0 Å². The number of hydrogen-bond donors (Lipinski definition) is 1. The van der Waals surface area contributed by atoms with Crippen LogP contribution in [0.15, 0.2) is 65.1 Å². The molecule has 0 amide bonds. The molecule has 0 atom stereocenters. The van der Waals surface area contributed by atoms with Crippen LogP contribution in [0.3, 0.4) is 0 Å². The lowest BCUT2D eigenvalue weighted by molar-refractivity contribution is 0.485. The smallest absolute Gasteiger partial charge is 0.141 e. The Hall–Kier alpha value is -1.84. The Labute approximate surface area is 126 Å². The minimum Gasteiger partial charge on any atom is -0.456 e. The summed E-state index contributed by atoms with van der Waals surface area (Å²) < 4.78 is 6.97. The third-order valence-corrected chi connectivity index (χ3v) is 3.91.